The highest BCUT2D eigenvalue weighted by atomic mass is 32.2. The molecule has 2 aliphatic heterocycles. The van der Waals surface area contributed by atoms with Gasteiger partial charge >= 0.3 is 12.3 Å². The Kier molecular flexibility index (Phi) is 8.49. The minimum atomic E-state index is -4.69. The highest BCUT2D eigenvalue weighted by Gasteiger charge is 2.44. The number of halogens is 3. The van der Waals surface area contributed by atoms with Gasteiger partial charge in [0.1, 0.15) is 10.5 Å². The average molecular weight is 464 g/mol. The number of ether oxygens (including phenoxy) is 4. The van der Waals surface area contributed by atoms with Crippen LogP contribution in [-0.4, -0.2) is 61.4 Å². The minimum Gasteiger partial charge on any atom is -0.468 e. The second-order valence-electron chi connectivity index (χ2n) is 7.77. The number of rotatable bonds is 8. The Labute approximate surface area is 184 Å². The van der Waals surface area contributed by atoms with Crippen LogP contribution in [0.2, 0.25) is 0 Å². The van der Waals surface area contributed by atoms with Crippen LogP contribution in [0.3, 0.4) is 0 Å². The first-order chi connectivity index (χ1) is 14.8. The quantitative estimate of drug-likeness (QED) is 0.423. The molecule has 31 heavy (non-hydrogen) atoms. The van der Waals surface area contributed by atoms with Crippen LogP contribution in [0.5, 0.6) is 5.75 Å². The standard InChI is InChI=1S/C21H28F3NO5S/c1-27-19(26)20(8-12-28-13-9-20)31-25-10-6-17(7-11-25)15-29-14-16-2-4-18(5-3-16)30-21(22,23)24/h2-5,17H,6-15H2,1H3. The third-order valence-electron chi connectivity index (χ3n) is 5.51. The molecule has 2 saturated heterocycles. The van der Waals surface area contributed by atoms with Crippen molar-refractivity contribution in [2.75, 3.05) is 40.0 Å². The Morgan fingerprint density at radius 2 is 1.84 bits per heavy atom. The summed E-state index contributed by atoms with van der Waals surface area (Å²) >= 11 is 1.60. The molecule has 0 bridgehead atoms. The third-order valence-corrected chi connectivity index (χ3v) is 7.06. The maximum Gasteiger partial charge on any atom is 0.573 e. The summed E-state index contributed by atoms with van der Waals surface area (Å²) in [7, 11) is 1.43. The van der Waals surface area contributed by atoms with E-state index in [2.05, 4.69) is 9.04 Å². The van der Waals surface area contributed by atoms with Crippen LogP contribution in [-0.2, 0) is 25.6 Å². The zero-order chi connectivity index (χ0) is 22.3. The Balaban J connectivity index is 1.39. The van der Waals surface area contributed by atoms with E-state index in [0.29, 0.717) is 45.2 Å². The van der Waals surface area contributed by atoms with E-state index in [1.165, 1.54) is 19.2 Å². The molecule has 0 saturated carbocycles. The summed E-state index contributed by atoms with van der Waals surface area (Å²) in [6.45, 7) is 3.79. The number of alkyl halides is 3. The van der Waals surface area contributed by atoms with Gasteiger partial charge in [-0.2, -0.15) is 0 Å². The molecule has 0 radical (unpaired) electrons. The first-order valence-electron chi connectivity index (χ1n) is 10.3. The van der Waals surface area contributed by atoms with Crippen LogP contribution in [0.25, 0.3) is 0 Å². The summed E-state index contributed by atoms with van der Waals surface area (Å²) in [5, 5.41) is 0. The van der Waals surface area contributed by atoms with Crippen LogP contribution in [0.15, 0.2) is 24.3 Å². The summed E-state index contributed by atoms with van der Waals surface area (Å²) in [6.07, 6.45) is -1.47. The Morgan fingerprint density at radius 3 is 2.42 bits per heavy atom. The van der Waals surface area contributed by atoms with Crippen molar-refractivity contribution in [1.82, 2.24) is 4.31 Å². The molecule has 10 heteroatoms. The smallest absolute Gasteiger partial charge is 0.468 e. The fraction of sp³-hybridized carbons (Fsp3) is 0.667. The number of nitrogens with zero attached hydrogens (tertiary/aromatic N) is 1. The van der Waals surface area contributed by atoms with E-state index in [0.717, 1.165) is 31.5 Å². The lowest BCUT2D eigenvalue weighted by atomic mass is 9.99. The SMILES string of the molecule is COC(=O)C1(SN2CCC(COCc3ccc(OC(F)(F)F)cc3)CC2)CCOCC1. The number of carbonyl (C=O) groups is 1. The van der Waals surface area contributed by atoms with Crippen molar-refractivity contribution >= 4 is 17.9 Å². The zero-order valence-corrected chi connectivity index (χ0v) is 18.3. The van der Waals surface area contributed by atoms with Crippen molar-refractivity contribution < 1.29 is 36.9 Å². The summed E-state index contributed by atoms with van der Waals surface area (Å²) < 4.78 is 58.4. The van der Waals surface area contributed by atoms with Crippen LogP contribution < -0.4 is 4.74 Å². The number of hydrogen-bond donors (Lipinski definition) is 0. The lowest BCUT2D eigenvalue weighted by Gasteiger charge is -2.40. The molecule has 2 fully saturated rings. The molecule has 6 nitrogen and oxygen atoms in total. The second-order valence-corrected chi connectivity index (χ2v) is 9.25. The van der Waals surface area contributed by atoms with Crippen molar-refractivity contribution in [3.05, 3.63) is 29.8 Å². The van der Waals surface area contributed by atoms with Crippen molar-refractivity contribution in [2.45, 2.75) is 43.4 Å². The lowest BCUT2D eigenvalue weighted by Crippen LogP contribution is -2.46. The van der Waals surface area contributed by atoms with Crippen LogP contribution in [0.4, 0.5) is 13.2 Å². The van der Waals surface area contributed by atoms with Gasteiger partial charge < -0.3 is 18.9 Å². The van der Waals surface area contributed by atoms with E-state index in [1.807, 2.05) is 0 Å². The molecular weight excluding hydrogens is 435 g/mol. The number of esters is 1. The number of benzene rings is 1. The molecule has 0 N–H and O–H groups in total. The van der Waals surface area contributed by atoms with Gasteiger partial charge in [-0.1, -0.05) is 24.1 Å². The Bertz CT molecular complexity index is 702. The van der Waals surface area contributed by atoms with Gasteiger partial charge in [0.2, 0.25) is 0 Å². The van der Waals surface area contributed by atoms with E-state index in [4.69, 9.17) is 14.2 Å². The van der Waals surface area contributed by atoms with Gasteiger partial charge in [0, 0.05) is 32.9 Å². The summed E-state index contributed by atoms with van der Waals surface area (Å²) in [5.74, 6) is -0.0123. The first kappa shape index (κ1) is 24.2. The van der Waals surface area contributed by atoms with Gasteiger partial charge in [0.05, 0.1) is 13.7 Å². The molecular formula is C21H28F3NO5S. The van der Waals surface area contributed by atoms with Crippen LogP contribution in [0.1, 0.15) is 31.2 Å². The molecule has 2 aliphatic rings. The molecule has 0 spiro atoms. The molecule has 174 valence electrons. The number of hydrogen-bond acceptors (Lipinski definition) is 7. The summed E-state index contributed by atoms with van der Waals surface area (Å²) in [4.78, 5) is 12.4. The summed E-state index contributed by atoms with van der Waals surface area (Å²) in [5.41, 5.74) is 0.794. The van der Waals surface area contributed by atoms with E-state index in [-0.39, 0.29) is 11.7 Å². The fourth-order valence-electron chi connectivity index (χ4n) is 3.76. The van der Waals surface area contributed by atoms with Crippen LogP contribution in [0, 0.1) is 5.92 Å². The second kappa shape index (κ2) is 10.9. The largest absolute Gasteiger partial charge is 0.573 e. The molecule has 0 amide bonds. The average Bonchev–Trinajstić information content (AvgIpc) is 2.75. The highest BCUT2D eigenvalue weighted by Crippen LogP contribution is 2.40. The normalized spacial score (nSPS) is 20.4. The van der Waals surface area contributed by atoms with Crippen molar-refractivity contribution in [1.29, 1.82) is 0 Å². The predicted molar refractivity (Wildman–Crippen MR) is 109 cm³/mol. The van der Waals surface area contributed by atoms with Crippen molar-refractivity contribution in [3.63, 3.8) is 0 Å². The van der Waals surface area contributed by atoms with Crippen molar-refractivity contribution in [2.24, 2.45) is 5.92 Å². The third kappa shape index (κ3) is 7.27. The van der Waals surface area contributed by atoms with Crippen molar-refractivity contribution in [3.8, 4) is 5.75 Å². The molecule has 0 atom stereocenters. The number of piperidine rings is 1. The number of methoxy groups -OCH3 is 1. The minimum absolute atomic E-state index is 0.182. The number of carbonyl (C=O) groups excluding carboxylic acids is 1. The maximum absolute atomic E-state index is 12.4. The van der Waals surface area contributed by atoms with Gasteiger partial charge in [-0.15, -0.1) is 13.2 Å². The maximum atomic E-state index is 12.4. The Morgan fingerprint density at radius 1 is 1.19 bits per heavy atom. The van der Waals surface area contributed by atoms with Gasteiger partial charge in [0.25, 0.3) is 0 Å². The molecule has 2 heterocycles. The van der Waals surface area contributed by atoms with E-state index in [9.17, 15) is 18.0 Å². The molecule has 0 aliphatic carbocycles. The van der Waals surface area contributed by atoms with Crippen LogP contribution >= 0.6 is 11.9 Å². The summed E-state index contributed by atoms with van der Waals surface area (Å²) in [6, 6.07) is 5.71. The van der Waals surface area contributed by atoms with Gasteiger partial charge in [-0.3, -0.25) is 4.79 Å². The highest BCUT2D eigenvalue weighted by molar-refractivity contribution is 7.99. The molecule has 0 aromatic heterocycles. The molecule has 1 aromatic rings. The predicted octanol–water partition coefficient (Wildman–Crippen LogP) is 4.18. The lowest BCUT2D eigenvalue weighted by molar-refractivity contribution is -0.274. The van der Waals surface area contributed by atoms with E-state index in [1.54, 1.807) is 24.1 Å². The molecule has 0 unspecified atom stereocenters. The fourth-order valence-corrected chi connectivity index (χ4v) is 5.16. The Hall–Kier alpha value is -1.49. The van der Waals surface area contributed by atoms with Gasteiger partial charge in [0.15, 0.2) is 0 Å². The molecule has 3 rings (SSSR count). The van der Waals surface area contributed by atoms with E-state index < -0.39 is 11.1 Å². The van der Waals surface area contributed by atoms with Gasteiger partial charge in [-0.05, 0) is 49.3 Å². The molecule has 1 aromatic carbocycles. The van der Waals surface area contributed by atoms with E-state index >= 15 is 0 Å². The first-order valence-corrected chi connectivity index (χ1v) is 11.1. The zero-order valence-electron chi connectivity index (χ0n) is 17.5. The topological polar surface area (TPSA) is 57.2 Å². The monoisotopic (exact) mass is 463 g/mol. The van der Waals surface area contributed by atoms with Gasteiger partial charge in [-0.25, -0.2) is 4.31 Å².